The van der Waals surface area contributed by atoms with E-state index in [-0.39, 0.29) is 9.90 Å². The molecule has 0 amide bonds. The van der Waals surface area contributed by atoms with Crippen LogP contribution in [-0.4, -0.2) is 61.9 Å². The Morgan fingerprint density at radius 1 is 0.562 bits per heavy atom. The number of aromatic nitrogens is 12. The largest absolute Gasteiger partial charge is 0.246 e. The molecule has 0 spiro atoms. The lowest BCUT2D eigenvalue weighted by Crippen LogP contribution is -1.64. The van der Waals surface area contributed by atoms with Gasteiger partial charge in [-0.1, -0.05) is 0 Å². The fraction of sp³-hybridized carbons (Fsp3) is 0. The Kier molecular flexibility index (Phi) is 9.14. The molecule has 0 aliphatic heterocycles. The number of aromatic amines is 3. The van der Waals surface area contributed by atoms with Gasteiger partial charge in [-0.05, 0) is 31.3 Å². The average molecular weight is 241 g/mol. The third-order valence-corrected chi connectivity index (χ3v) is 0.809. The van der Waals surface area contributed by atoms with Crippen molar-refractivity contribution in [3.63, 3.8) is 0 Å². The molecule has 13 heteroatoms. The van der Waals surface area contributed by atoms with Crippen LogP contribution in [-0.2, 0) is 0 Å². The molecule has 3 heterocycles. The van der Waals surface area contributed by atoms with Gasteiger partial charge in [-0.3, -0.25) is 0 Å². The molecule has 3 N–H and O–H groups in total. The van der Waals surface area contributed by atoms with Crippen molar-refractivity contribution in [2.75, 3.05) is 0 Å². The fourth-order valence-corrected chi connectivity index (χ4v) is 0.387. The number of hydrogen-bond acceptors (Lipinski definition) is 9. The summed E-state index contributed by atoms with van der Waals surface area (Å²) >= 11 is 0. The summed E-state index contributed by atoms with van der Waals surface area (Å²) < 4.78 is 0. The lowest BCUT2D eigenvalue weighted by Gasteiger charge is -1.42. The molecule has 3 radical (unpaired) electrons. The lowest BCUT2D eigenvalue weighted by molar-refractivity contribution is 0.881. The third-order valence-electron chi connectivity index (χ3n) is 0.809. The van der Waals surface area contributed by atoms with Gasteiger partial charge >= 0.3 is 0 Å². The molecule has 0 saturated heterocycles. The third kappa shape index (κ3) is 8.25. The van der Waals surface area contributed by atoms with E-state index in [4.69, 9.17) is 0 Å². The number of H-pyrrole nitrogens is 3. The van der Waals surface area contributed by atoms with Crippen LogP contribution < -0.4 is 0 Å². The van der Waals surface area contributed by atoms with Crippen molar-refractivity contribution in [1.82, 2.24) is 61.9 Å². The lowest BCUT2D eigenvalue weighted by atomic mass is 11.4. The maximum atomic E-state index is 3.31. The van der Waals surface area contributed by atoms with Crippen LogP contribution in [0.25, 0.3) is 0 Å². The quantitative estimate of drug-likeness (QED) is 0.395. The summed E-state index contributed by atoms with van der Waals surface area (Å²) in [6.45, 7) is 0. The van der Waals surface area contributed by atoms with E-state index in [1.54, 1.807) is 0 Å². The van der Waals surface area contributed by atoms with E-state index in [9.17, 15) is 0 Å². The Bertz CT molecular complexity index is 248. The van der Waals surface area contributed by atoms with E-state index in [1.165, 1.54) is 19.0 Å². The summed E-state index contributed by atoms with van der Waals surface area (Å²) in [5.74, 6) is 0. The molecular weight excluding hydrogens is 235 g/mol. The summed E-state index contributed by atoms with van der Waals surface area (Å²) in [5, 5.41) is 36.3. The van der Waals surface area contributed by atoms with Crippen LogP contribution in [0.5, 0.6) is 0 Å². The molecule has 0 atom stereocenters. The Hall–Kier alpha value is -2.36. The molecule has 0 bridgehead atoms. The summed E-state index contributed by atoms with van der Waals surface area (Å²) in [7, 11) is 0. The van der Waals surface area contributed by atoms with E-state index in [1.807, 2.05) is 0 Å². The van der Waals surface area contributed by atoms with Crippen LogP contribution >= 0.6 is 9.90 Å². The highest BCUT2D eigenvalue weighted by Gasteiger charge is 1.59. The summed E-state index contributed by atoms with van der Waals surface area (Å²) in [6.07, 6.45) is 4.21. The van der Waals surface area contributed by atoms with Crippen molar-refractivity contribution in [3.05, 3.63) is 19.0 Å². The minimum atomic E-state index is 0. The van der Waals surface area contributed by atoms with Gasteiger partial charge in [0.25, 0.3) is 0 Å². The number of rotatable bonds is 0. The Labute approximate surface area is 91.6 Å². The number of hydrogen-bond donors (Lipinski definition) is 3. The van der Waals surface area contributed by atoms with Gasteiger partial charge in [-0.15, -0.1) is 15.3 Å². The van der Waals surface area contributed by atoms with Crippen molar-refractivity contribution in [2.24, 2.45) is 0 Å². The molecule has 3 aromatic rings. The zero-order chi connectivity index (χ0) is 10.6. The highest BCUT2D eigenvalue weighted by Crippen LogP contribution is 1.44. The van der Waals surface area contributed by atoms with Gasteiger partial charge in [0.05, 0.1) is 0 Å². The minimum Gasteiger partial charge on any atom is -0.246 e. The predicted octanol–water partition coefficient (Wildman–Crippen LogP) is -1.54. The predicted molar refractivity (Wildman–Crippen MR) is 49.5 cm³/mol. The van der Waals surface area contributed by atoms with Crippen LogP contribution in [0.1, 0.15) is 0 Å². The van der Waals surface area contributed by atoms with Crippen molar-refractivity contribution < 1.29 is 0 Å². The van der Waals surface area contributed by atoms with Crippen LogP contribution in [0, 0.1) is 0 Å². The first kappa shape index (κ1) is 13.6. The van der Waals surface area contributed by atoms with E-state index in [0.29, 0.717) is 0 Å². The zero-order valence-corrected chi connectivity index (χ0v) is 8.60. The molecule has 16 heavy (non-hydrogen) atoms. The van der Waals surface area contributed by atoms with Gasteiger partial charge < -0.3 is 0 Å². The van der Waals surface area contributed by atoms with E-state index >= 15 is 0 Å². The van der Waals surface area contributed by atoms with Crippen LogP contribution in [0.2, 0.25) is 0 Å². The molecule has 12 nitrogen and oxygen atoms in total. The van der Waals surface area contributed by atoms with E-state index in [2.05, 4.69) is 61.9 Å². The highest BCUT2D eigenvalue weighted by molar-refractivity contribution is 6.92. The topological polar surface area (TPSA) is 163 Å². The molecule has 3 rings (SSSR count). The van der Waals surface area contributed by atoms with Gasteiger partial charge in [0.2, 0.25) is 0 Å². The Morgan fingerprint density at radius 3 is 0.938 bits per heavy atom. The molecule has 0 aromatic carbocycles. The van der Waals surface area contributed by atoms with E-state index < -0.39 is 0 Å². The van der Waals surface area contributed by atoms with Crippen molar-refractivity contribution in [2.45, 2.75) is 0 Å². The summed E-state index contributed by atoms with van der Waals surface area (Å²) in [6, 6.07) is 0. The zero-order valence-electron chi connectivity index (χ0n) is 7.70. The molecule has 3 aromatic heterocycles. The van der Waals surface area contributed by atoms with Crippen molar-refractivity contribution in [3.8, 4) is 0 Å². The van der Waals surface area contributed by atoms with Gasteiger partial charge in [0.15, 0.2) is 0 Å². The highest BCUT2D eigenvalue weighted by atomic mass is 31.0. The molecule has 0 saturated carbocycles. The Balaban J connectivity index is 0.000000205. The van der Waals surface area contributed by atoms with Gasteiger partial charge in [-0.2, -0.15) is 0 Å². The standard InChI is InChI=1S/3CH2N4.P/c3*1-2-4-5-3-1;/h3*1H,(H,2,3,4,5);. The summed E-state index contributed by atoms with van der Waals surface area (Å²) in [5.41, 5.74) is 0. The van der Waals surface area contributed by atoms with Crippen LogP contribution in [0.3, 0.4) is 0 Å². The van der Waals surface area contributed by atoms with Gasteiger partial charge in [0.1, 0.15) is 19.0 Å². The average Bonchev–Trinajstić information content (AvgIpc) is 3.09. The van der Waals surface area contributed by atoms with E-state index in [0.717, 1.165) is 0 Å². The smallest absolute Gasteiger partial charge is 0.135 e. The summed E-state index contributed by atoms with van der Waals surface area (Å²) in [4.78, 5) is 0. The maximum absolute atomic E-state index is 3.31. The first-order valence-corrected chi connectivity index (χ1v) is 3.51. The fourth-order valence-electron chi connectivity index (χ4n) is 0.387. The monoisotopic (exact) mass is 241 g/mol. The first-order chi connectivity index (χ1) is 7.50. The molecular formula is C3H6N12P. The molecule has 0 aliphatic rings. The van der Waals surface area contributed by atoms with Gasteiger partial charge in [-0.25, -0.2) is 15.3 Å². The van der Waals surface area contributed by atoms with Gasteiger partial charge in [0, 0.05) is 9.90 Å². The van der Waals surface area contributed by atoms with Crippen LogP contribution in [0.4, 0.5) is 0 Å². The number of nitrogens with one attached hydrogen (secondary N) is 3. The Morgan fingerprint density at radius 2 is 0.875 bits per heavy atom. The number of nitrogens with zero attached hydrogens (tertiary/aromatic N) is 9. The second-order valence-electron chi connectivity index (χ2n) is 1.69. The SMILES string of the molecule is [P].c1nnn[nH]1.c1nnn[nH]1.c1nnn[nH]1. The maximum Gasteiger partial charge on any atom is 0.135 e. The van der Waals surface area contributed by atoms with Crippen molar-refractivity contribution in [1.29, 1.82) is 0 Å². The molecule has 0 fully saturated rings. The first-order valence-electron chi connectivity index (χ1n) is 3.51. The van der Waals surface area contributed by atoms with Crippen LogP contribution in [0.15, 0.2) is 19.0 Å². The molecule has 83 valence electrons. The normalized spacial score (nSPS) is 7.50. The van der Waals surface area contributed by atoms with Crippen molar-refractivity contribution >= 4 is 9.90 Å². The molecule has 0 unspecified atom stereocenters. The minimum absolute atomic E-state index is 0. The number of tetrazole rings is 3. The second kappa shape index (κ2) is 10.7. The second-order valence-corrected chi connectivity index (χ2v) is 1.69. The molecule has 0 aliphatic carbocycles.